The van der Waals surface area contributed by atoms with Gasteiger partial charge in [0.15, 0.2) is 11.4 Å². The molecule has 1 N–H and O–H groups in total. The number of benzene rings is 2. The quantitative estimate of drug-likeness (QED) is 0.798. The van der Waals surface area contributed by atoms with Gasteiger partial charge < -0.3 is 10.1 Å². The van der Waals surface area contributed by atoms with Crippen LogP contribution in [0.2, 0.25) is 0 Å². The molecule has 1 amide bonds. The zero-order valence-corrected chi connectivity index (χ0v) is 12.7. The molecule has 7 heteroatoms. The maximum absolute atomic E-state index is 13.2. The first-order valence-electron chi connectivity index (χ1n) is 7.03. The highest BCUT2D eigenvalue weighted by atomic mass is 19.1. The van der Waals surface area contributed by atoms with Gasteiger partial charge in [-0.25, -0.2) is 13.5 Å². The molecule has 1 aromatic heterocycles. The van der Waals surface area contributed by atoms with Crippen molar-refractivity contribution in [1.29, 1.82) is 0 Å². The van der Waals surface area contributed by atoms with Crippen molar-refractivity contribution < 1.29 is 18.3 Å². The van der Waals surface area contributed by atoms with E-state index in [1.54, 1.807) is 6.07 Å². The average molecular weight is 329 g/mol. The fraction of sp³-hybridized carbons (Fsp3) is 0.0588. The molecule has 0 aliphatic rings. The Morgan fingerprint density at radius 3 is 2.54 bits per heavy atom. The SMILES string of the molecule is COc1cn(-c2ccc(F)cc2)nc1C(=O)Nc1cccc(F)c1. The molecule has 0 aliphatic carbocycles. The van der Waals surface area contributed by atoms with Gasteiger partial charge in [0, 0.05) is 5.69 Å². The number of methoxy groups -OCH3 is 1. The van der Waals surface area contributed by atoms with Gasteiger partial charge in [0.25, 0.3) is 5.91 Å². The number of carbonyl (C=O) groups is 1. The molecule has 0 fully saturated rings. The lowest BCUT2D eigenvalue weighted by molar-refractivity contribution is 0.101. The molecule has 5 nitrogen and oxygen atoms in total. The first-order chi connectivity index (χ1) is 11.6. The van der Waals surface area contributed by atoms with Crippen LogP contribution in [0.1, 0.15) is 10.5 Å². The fourth-order valence-electron chi connectivity index (χ4n) is 2.15. The highest BCUT2D eigenvalue weighted by Crippen LogP contribution is 2.21. The van der Waals surface area contributed by atoms with Crippen LogP contribution in [0, 0.1) is 11.6 Å². The van der Waals surface area contributed by atoms with E-state index < -0.39 is 11.7 Å². The summed E-state index contributed by atoms with van der Waals surface area (Å²) in [6.45, 7) is 0. The van der Waals surface area contributed by atoms with Crippen LogP contribution in [-0.2, 0) is 0 Å². The number of carbonyl (C=O) groups excluding carboxylic acids is 1. The highest BCUT2D eigenvalue weighted by Gasteiger charge is 2.18. The summed E-state index contributed by atoms with van der Waals surface area (Å²) >= 11 is 0. The molecular formula is C17H13F2N3O2. The maximum atomic E-state index is 13.2. The van der Waals surface area contributed by atoms with Gasteiger partial charge in [-0.1, -0.05) is 6.07 Å². The number of anilines is 1. The predicted molar refractivity (Wildman–Crippen MR) is 84.4 cm³/mol. The van der Waals surface area contributed by atoms with E-state index >= 15 is 0 Å². The number of aromatic nitrogens is 2. The normalized spacial score (nSPS) is 10.5. The number of amides is 1. The standard InChI is InChI=1S/C17H13F2N3O2/c1-24-15-10-22(14-7-5-11(18)6-8-14)21-16(15)17(23)20-13-4-2-3-12(19)9-13/h2-10H,1H3,(H,20,23). The number of hydrogen-bond donors (Lipinski definition) is 1. The van der Waals surface area contributed by atoms with Crippen LogP contribution in [0.15, 0.2) is 54.7 Å². The van der Waals surface area contributed by atoms with Crippen LogP contribution in [0.4, 0.5) is 14.5 Å². The monoisotopic (exact) mass is 329 g/mol. The topological polar surface area (TPSA) is 56.2 Å². The van der Waals surface area contributed by atoms with E-state index in [1.165, 1.54) is 60.5 Å². The summed E-state index contributed by atoms with van der Waals surface area (Å²) in [6, 6.07) is 11.1. The molecule has 1 heterocycles. The van der Waals surface area contributed by atoms with E-state index in [2.05, 4.69) is 10.4 Å². The van der Waals surface area contributed by atoms with Gasteiger partial charge >= 0.3 is 0 Å². The van der Waals surface area contributed by atoms with Gasteiger partial charge in [-0.15, -0.1) is 0 Å². The molecule has 0 aliphatic heterocycles. The summed E-state index contributed by atoms with van der Waals surface area (Å²) in [4.78, 5) is 12.4. The van der Waals surface area contributed by atoms with Crippen molar-refractivity contribution in [2.75, 3.05) is 12.4 Å². The first kappa shape index (κ1) is 15.7. The Kier molecular flexibility index (Phi) is 4.24. The molecule has 24 heavy (non-hydrogen) atoms. The molecule has 2 aromatic carbocycles. The summed E-state index contributed by atoms with van der Waals surface area (Å²) in [5.41, 5.74) is 0.906. The third-order valence-electron chi connectivity index (χ3n) is 3.29. The van der Waals surface area contributed by atoms with Crippen molar-refractivity contribution in [3.05, 3.63) is 72.1 Å². The van der Waals surface area contributed by atoms with E-state index in [0.717, 1.165) is 0 Å². The van der Waals surface area contributed by atoms with Gasteiger partial charge in [0.05, 0.1) is 19.0 Å². The summed E-state index contributed by atoms with van der Waals surface area (Å²) in [5, 5.41) is 6.72. The van der Waals surface area contributed by atoms with Crippen molar-refractivity contribution in [2.45, 2.75) is 0 Å². The molecule has 3 aromatic rings. The Morgan fingerprint density at radius 1 is 1.12 bits per heavy atom. The average Bonchev–Trinajstić information content (AvgIpc) is 3.00. The molecule has 0 bridgehead atoms. The Hall–Kier alpha value is -3.22. The Morgan fingerprint density at radius 2 is 1.88 bits per heavy atom. The molecular weight excluding hydrogens is 316 g/mol. The summed E-state index contributed by atoms with van der Waals surface area (Å²) < 4.78 is 32.8. The highest BCUT2D eigenvalue weighted by molar-refractivity contribution is 6.04. The van der Waals surface area contributed by atoms with Gasteiger partial charge in [0.1, 0.15) is 11.6 Å². The third kappa shape index (κ3) is 3.24. The van der Waals surface area contributed by atoms with Crippen molar-refractivity contribution in [2.24, 2.45) is 0 Å². The molecule has 0 radical (unpaired) electrons. The number of nitrogens with one attached hydrogen (secondary N) is 1. The largest absolute Gasteiger partial charge is 0.493 e. The number of ether oxygens (including phenoxy) is 1. The smallest absolute Gasteiger partial charge is 0.280 e. The van der Waals surface area contributed by atoms with E-state index in [0.29, 0.717) is 11.4 Å². The lowest BCUT2D eigenvalue weighted by Crippen LogP contribution is -2.14. The van der Waals surface area contributed by atoms with Crippen molar-refractivity contribution in [1.82, 2.24) is 9.78 Å². The molecule has 0 atom stereocenters. The van der Waals surface area contributed by atoms with Crippen LogP contribution in [-0.4, -0.2) is 22.8 Å². The minimum atomic E-state index is -0.543. The minimum absolute atomic E-state index is 0.0334. The van der Waals surface area contributed by atoms with Crippen molar-refractivity contribution in [3.8, 4) is 11.4 Å². The number of halogens is 2. The Balaban J connectivity index is 1.89. The summed E-state index contributed by atoms with van der Waals surface area (Å²) in [5.74, 6) is -1.13. The summed E-state index contributed by atoms with van der Waals surface area (Å²) in [7, 11) is 1.41. The van der Waals surface area contributed by atoms with Gasteiger partial charge in [-0.05, 0) is 42.5 Å². The van der Waals surface area contributed by atoms with E-state index in [1.807, 2.05) is 0 Å². The molecule has 0 unspecified atom stereocenters. The first-order valence-corrected chi connectivity index (χ1v) is 7.03. The molecule has 3 rings (SSSR count). The van der Waals surface area contributed by atoms with Crippen LogP contribution < -0.4 is 10.1 Å². The molecule has 0 spiro atoms. The van der Waals surface area contributed by atoms with Gasteiger partial charge in [-0.2, -0.15) is 5.10 Å². The fourth-order valence-corrected chi connectivity index (χ4v) is 2.15. The van der Waals surface area contributed by atoms with Gasteiger partial charge in [-0.3, -0.25) is 4.79 Å². The number of rotatable bonds is 4. The molecule has 122 valence electrons. The maximum Gasteiger partial charge on any atom is 0.280 e. The summed E-state index contributed by atoms with van der Waals surface area (Å²) in [6.07, 6.45) is 1.51. The van der Waals surface area contributed by atoms with E-state index in [9.17, 15) is 13.6 Å². The molecule has 0 saturated carbocycles. The van der Waals surface area contributed by atoms with Crippen LogP contribution in [0.3, 0.4) is 0 Å². The third-order valence-corrected chi connectivity index (χ3v) is 3.29. The minimum Gasteiger partial charge on any atom is -0.493 e. The number of nitrogens with zero attached hydrogens (tertiary/aromatic N) is 2. The zero-order chi connectivity index (χ0) is 17.1. The van der Waals surface area contributed by atoms with Gasteiger partial charge in [0.2, 0.25) is 0 Å². The molecule has 0 saturated heterocycles. The predicted octanol–water partition coefficient (Wildman–Crippen LogP) is 3.41. The van der Waals surface area contributed by atoms with Crippen LogP contribution in [0.5, 0.6) is 5.75 Å². The lowest BCUT2D eigenvalue weighted by atomic mass is 10.3. The Labute approximate surface area is 136 Å². The van der Waals surface area contributed by atoms with E-state index in [-0.39, 0.29) is 17.3 Å². The van der Waals surface area contributed by atoms with E-state index in [4.69, 9.17) is 4.74 Å². The Bertz CT molecular complexity index is 876. The second-order valence-corrected chi connectivity index (χ2v) is 4.93. The van der Waals surface area contributed by atoms with Crippen LogP contribution >= 0.6 is 0 Å². The van der Waals surface area contributed by atoms with Crippen molar-refractivity contribution >= 4 is 11.6 Å². The number of hydrogen-bond acceptors (Lipinski definition) is 3. The second-order valence-electron chi connectivity index (χ2n) is 4.93. The van der Waals surface area contributed by atoms with Crippen LogP contribution in [0.25, 0.3) is 5.69 Å². The zero-order valence-electron chi connectivity index (χ0n) is 12.7. The lowest BCUT2D eigenvalue weighted by Gasteiger charge is -2.04. The van der Waals surface area contributed by atoms with Crippen molar-refractivity contribution in [3.63, 3.8) is 0 Å². The second kappa shape index (κ2) is 6.49.